The highest BCUT2D eigenvalue weighted by Crippen LogP contribution is 2.31. The lowest BCUT2D eigenvalue weighted by Gasteiger charge is -2.26. The SMILES string of the molecule is O=C(Nc1cccc(Br)c1O)c1cn(C2CNC2)nn1. The zero-order valence-corrected chi connectivity index (χ0v) is 12.0. The number of hydrogen-bond acceptors (Lipinski definition) is 5. The third kappa shape index (κ3) is 2.39. The largest absolute Gasteiger partial charge is 0.505 e. The molecule has 3 rings (SSSR count). The van der Waals surface area contributed by atoms with Gasteiger partial charge in [0.1, 0.15) is 0 Å². The van der Waals surface area contributed by atoms with Gasteiger partial charge in [-0.2, -0.15) is 0 Å². The Bertz CT molecular complexity index is 653. The number of carbonyl (C=O) groups excluding carboxylic acids is 1. The van der Waals surface area contributed by atoms with E-state index in [2.05, 4.69) is 36.9 Å². The molecule has 0 aliphatic carbocycles. The predicted octanol–water partition coefficient (Wildman–Crippen LogP) is 1.14. The molecule has 1 aliphatic rings. The molecular weight excluding hydrogens is 326 g/mol. The molecule has 1 amide bonds. The zero-order valence-electron chi connectivity index (χ0n) is 10.4. The van der Waals surface area contributed by atoms with E-state index in [1.165, 1.54) is 0 Å². The van der Waals surface area contributed by atoms with Crippen molar-refractivity contribution in [1.29, 1.82) is 0 Å². The fourth-order valence-electron chi connectivity index (χ4n) is 1.82. The number of nitrogens with one attached hydrogen (secondary N) is 2. The molecule has 1 aromatic carbocycles. The Labute approximate surface area is 123 Å². The van der Waals surface area contributed by atoms with E-state index in [4.69, 9.17) is 0 Å². The highest BCUT2D eigenvalue weighted by Gasteiger charge is 2.22. The Morgan fingerprint density at radius 2 is 2.30 bits per heavy atom. The average Bonchev–Trinajstić information content (AvgIpc) is 2.82. The Morgan fingerprint density at radius 1 is 1.50 bits per heavy atom. The van der Waals surface area contributed by atoms with Gasteiger partial charge in [0.15, 0.2) is 11.4 Å². The molecule has 0 saturated carbocycles. The molecule has 2 heterocycles. The van der Waals surface area contributed by atoms with Gasteiger partial charge >= 0.3 is 0 Å². The molecule has 0 bridgehead atoms. The third-order valence-electron chi connectivity index (χ3n) is 3.11. The van der Waals surface area contributed by atoms with Crippen molar-refractivity contribution < 1.29 is 9.90 Å². The van der Waals surface area contributed by atoms with E-state index in [0.717, 1.165) is 13.1 Å². The maximum absolute atomic E-state index is 12.1. The minimum Gasteiger partial charge on any atom is -0.505 e. The highest BCUT2D eigenvalue weighted by molar-refractivity contribution is 9.10. The van der Waals surface area contributed by atoms with Crippen molar-refractivity contribution in [2.45, 2.75) is 6.04 Å². The summed E-state index contributed by atoms with van der Waals surface area (Å²) >= 11 is 3.19. The quantitative estimate of drug-likeness (QED) is 0.730. The second-order valence-corrected chi connectivity index (χ2v) is 5.34. The van der Waals surface area contributed by atoms with Crippen LogP contribution in [0.3, 0.4) is 0 Å². The van der Waals surface area contributed by atoms with Gasteiger partial charge in [0, 0.05) is 13.1 Å². The Kier molecular flexibility index (Phi) is 3.41. The van der Waals surface area contributed by atoms with Crippen molar-refractivity contribution in [1.82, 2.24) is 20.3 Å². The predicted molar refractivity (Wildman–Crippen MR) is 75.7 cm³/mol. The van der Waals surface area contributed by atoms with E-state index in [-0.39, 0.29) is 17.5 Å². The van der Waals surface area contributed by atoms with E-state index in [9.17, 15) is 9.90 Å². The van der Waals surface area contributed by atoms with Crippen LogP contribution in [0.2, 0.25) is 0 Å². The number of aromatic nitrogens is 3. The summed E-state index contributed by atoms with van der Waals surface area (Å²) in [4.78, 5) is 12.1. The number of carbonyl (C=O) groups is 1. The Morgan fingerprint density at radius 3 is 3.00 bits per heavy atom. The number of anilines is 1. The number of para-hydroxylation sites is 1. The number of phenols is 1. The molecule has 3 N–H and O–H groups in total. The number of halogens is 1. The lowest BCUT2D eigenvalue weighted by molar-refractivity contribution is 0.102. The lowest BCUT2D eigenvalue weighted by Crippen LogP contribution is -2.43. The van der Waals surface area contributed by atoms with Gasteiger partial charge in [-0.1, -0.05) is 11.3 Å². The van der Waals surface area contributed by atoms with Crippen molar-refractivity contribution in [2.75, 3.05) is 18.4 Å². The maximum atomic E-state index is 12.1. The summed E-state index contributed by atoms with van der Waals surface area (Å²) in [6.45, 7) is 1.66. The van der Waals surface area contributed by atoms with Crippen molar-refractivity contribution in [2.24, 2.45) is 0 Å². The molecular formula is C12H12BrN5O2. The van der Waals surface area contributed by atoms with Crippen LogP contribution in [0.15, 0.2) is 28.9 Å². The number of benzene rings is 1. The van der Waals surface area contributed by atoms with Gasteiger partial charge in [-0.05, 0) is 28.1 Å². The van der Waals surface area contributed by atoms with Crippen LogP contribution < -0.4 is 10.6 Å². The van der Waals surface area contributed by atoms with Crippen LogP contribution in [0.25, 0.3) is 0 Å². The molecule has 7 nitrogen and oxygen atoms in total. The molecule has 2 aromatic rings. The molecule has 1 aliphatic heterocycles. The van der Waals surface area contributed by atoms with Gasteiger partial charge in [-0.3, -0.25) is 4.79 Å². The first-order valence-electron chi connectivity index (χ1n) is 6.06. The number of aromatic hydroxyl groups is 1. The number of amides is 1. The highest BCUT2D eigenvalue weighted by atomic mass is 79.9. The molecule has 0 spiro atoms. The van der Waals surface area contributed by atoms with E-state index >= 15 is 0 Å². The first-order valence-corrected chi connectivity index (χ1v) is 6.86. The topological polar surface area (TPSA) is 92.1 Å². The van der Waals surface area contributed by atoms with E-state index in [1.807, 2.05) is 0 Å². The smallest absolute Gasteiger partial charge is 0.277 e. The fraction of sp³-hybridized carbons (Fsp3) is 0.250. The van der Waals surface area contributed by atoms with Crippen molar-refractivity contribution in [3.8, 4) is 5.75 Å². The van der Waals surface area contributed by atoms with Crippen LogP contribution in [-0.4, -0.2) is 39.1 Å². The number of nitrogens with zero attached hydrogens (tertiary/aromatic N) is 3. The van der Waals surface area contributed by atoms with Crippen LogP contribution in [0.4, 0.5) is 5.69 Å². The summed E-state index contributed by atoms with van der Waals surface area (Å²) in [5.74, 6) is -0.423. The van der Waals surface area contributed by atoms with Gasteiger partial charge < -0.3 is 15.7 Å². The van der Waals surface area contributed by atoms with Crippen LogP contribution in [-0.2, 0) is 0 Å². The summed E-state index contributed by atoms with van der Waals surface area (Å²) < 4.78 is 2.19. The normalized spacial score (nSPS) is 14.8. The van der Waals surface area contributed by atoms with Crippen molar-refractivity contribution in [3.05, 3.63) is 34.6 Å². The van der Waals surface area contributed by atoms with E-state index < -0.39 is 5.91 Å². The first-order chi connectivity index (χ1) is 9.65. The number of rotatable bonds is 3. The van der Waals surface area contributed by atoms with Gasteiger partial charge in [0.2, 0.25) is 0 Å². The molecule has 1 aromatic heterocycles. The van der Waals surface area contributed by atoms with E-state index in [0.29, 0.717) is 10.2 Å². The summed E-state index contributed by atoms with van der Waals surface area (Å²) in [5.41, 5.74) is 0.542. The summed E-state index contributed by atoms with van der Waals surface area (Å²) in [6.07, 6.45) is 1.61. The molecule has 1 saturated heterocycles. The second kappa shape index (κ2) is 5.22. The monoisotopic (exact) mass is 337 g/mol. The molecule has 20 heavy (non-hydrogen) atoms. The minimum absolute atomic E-state index is 0.0172. The first kappa shape index (κ1) is 13.1. The third-order valence-corrected chi connectivity index (χ3v) is 3.75. The van der Waals surface area contributed by atoms with Crippen LogP contribution >= 0.6 is 15.9 Å². The lowest BCUT2D eigenvalue weighted by atomic mass is 10.2. The summed E-state index contributed by atoms with van der Waals surface area (Å²) in [7, 11) is 0. The van der Waals surface area contributed by atoms with E-state index in [1.54, 1.807) is 29.1 Å². The molecule has 0 atom stereocenters. The Balaban J connectivity index is 1.75. The summed E-state index contributed by atoms with van der Waals surface area (Å²) in [5, 5.41) is 23.3. The Hall–Kier alpha value is -1.93. The van der Waals surface area contributed by atoms with Gasteiger partial charge in [0.05, 0.1) is 22.4 Å². The second-order valence-electron chi connectivity index (χ2n) is 4.49. The number of phenolic OH excluding ortho intramolecular Hbond substituents is 1. The molecule has 0 radical (unpaired) electrons. The van der Waals surface area contributed by atoms with Gasteiger partial charge in [-0.15, -0.1) is 5.10 Å². The maximum Gasteiger partial charge on any atom is 0.277 e. The average molecular weight is 338 g/mol. The standard InChI is InChI=1S/C12H12BrN5O2/c13-8-2-1-3-9(11(8)19)15-12(20)10-6-18(17-16-10)7-4-14-5-7/h1-3,6-7,14,19H,4-5H2,(H,15,20). The number of hydrogen-bond donors (Lipinski definition) is 3. The zero-order chi connectivity index (χ0) is 14.1. The van der Waals surface area contributed by atoms with Crippen molar-refractivity contribution >= 4 is 27.5 Å². The molecule has 0 unspecified atom stereocenters. The van der Waals surface area contributed by atoms with Crippen LogP contribution in [0, 0.1) is 0 Å². The molecule has 1 fully saturated rings. The fourth-order valence-corrected chi connectivity index (χ4v) is 2.19. The van der Waals surface area contributed by atoms with Crippen LogP contribution in [0.5, 0.6) is 5.75 Å². The van der Waals surface area contributed by atoms with Gasteiger partial charge in [0.25, 0.3) is 5.91 Å². The molecule has 104 valence electrons. The van der Waals surface area contributed by atoms with Gasteiger partial charge in [-0.25, -0.2) is 4.68 Å². The van der Waals surface area contributed by atoms with Crippen LogP contribution in [0.1, 0.15) is 16.5 Å². The molecule has 8 heteroatoms. The van der Waals surface area contributed by atoms with Crippen molar-refractivity contribution in [3.63, 3.8) is 0 Å². The minimum atomic E-state index is -0.406. The summed E-state index contributed by atoms with van der Waals surface area (Å²) in [6, 6.07) is 5.27.